The van der Waals surface area contributed by atoms with Gasteiger partial charge in [-0.25, -0.2) is 4.79 Å². The quantitative estimate of drug-likeness (QED) is 0.602. The average Bonchev–Trinajstić information content (AvgIpc) is 3.29. The van der Waals surface area contributed by atoms with Crippen LogP contribution < -0.4 is 19.7 Å². The second-order valence-electron chi connectivity index (χ2n) is 9.05. The lowest BCUT2D eigenvalue weighted by atomic mass is 9.91. The van der Waals surface area contributed by atoms with Crippen LogP contribution in [-0.4, -0.2) is 60.0 Å². The number of aromatic nitrogens is 2. The molecule has 35 heavy (non-hydrogen) atoms. The predicted octanol–water partition coefficient (Wildman–Crippen LogP) is 2.95. The topological polar surface area (TPSA) is 112 Å². The second kappa shape index (κ2) is 9.97. The maximum atomic E-state index is 13.9. The third-order valence-corrected chi connectivity index (χ3v) is 6.69. The summed E-state index contributed by atoms with van der Waals surface area (Å²) < 4.78 is 17.4. The van der Waals surface area contributed by atoms with Crippen LogP contribution in [0.5, 0.6) is 11.5 Å². The first-order valence-corrected chi connectivity index (χ1v) is 11.9. The molecule has 1 unspecified atom stereocenters. The van der Waals surface area contributed by atoms with Gasteiger partial charge in [-0.3, -0.25) is 19.2 Å². The van der Waals surface area contributed by atoms with Crippen LogP contribution in [0, 0.1) is 0 Å². The standard InChI is InChI=1S/C25H32N4O6/c1-5-35-23(31)18-14-20-22(30)29(19-13-17(33-3)11-12-21(19)34-4)25(2,15-28(20)27-18)24(32)26-16-9-7-6-8-10-16/h11-14,16H,5-10,15H2,1-4H3,(H,26,32). The van der Waals surface area contributed by atoms with Gasteiger partial charge in [0, 0.05) is 18.2 Å². The fraction of sp³-hybridized carbons (Fsp3) is 0.520. The number of anilines is 1. The zero-order valence-electron chi connectivity index (χ0n) is 20.6. The van der Waals surface area contributed by atoms with Crippen molar-refractivity contribution in [2.75, 3.05) is 25.7 Å². The maximum Gasteiger partial charge on any atom is 0.358 e. The van der Waals surface area contributed by atoms with Crippen LogP contribution in [0.2, 0.25) is 0 Å². The van der Waals surface area contributed by atoms with E-state index in [2.05, 4.69) is 10.4 Å². The zero-order chi connectivity index (χ0) is 25.2. The van der Waals surface area contributed by atoms with Crippen LogP contribution in [0.4, 0.5) is 5.69 Å². The number of carbonyl (C=O) groups is 3. The maximum absolute atomic E-state index is 13.9. The van der Waals surface area contributed by atoms with Gasteiger partial charge >= 0.3 is 5.97 Å². The van der Waals surface area contributed by atoms with E-state index in [-0.39, 0.29) is 36.5 Å². The number of hydrogen-bond acceptors (Lipinski definition) is 7. The van der Waals surface area contributed by atoms with Crippen molar-refractivity contribution in [3.8, 4) is 11.5 Å². The molecule has 0 spiro atoms. The van der Waals surface area contributed by atoms with E-state index in [1.165, 1.54) is 29.9 Å². The van der Waals surface area contributed by atoms with E-state index in [4.69, 9.17) is 14.2 Å². The lowest BCUT2D eigenvalue weighted by Crippen LogP contribution is -2.65. The highest BCUT2D eigenvalue weighted by atomic mass is 16.5. The van der Waals surface area contributed by atoms with Crippen LogP contribution in [0.3, 0.4) is 0 Å². The third-order valence-electron chi connectivity index (χ3n) is 6.69. The lowest BCUT2D eigenvalue weighted by molar-refractivity contribution is -0.127. The number of nitrogens with zero attached hydrogens (tertiary/aromatic N) is 3. The molecule has 1 aliphatic heterocycles. The molecule has 1 aliphatic carbocycles. The number of methoxy groups -OCH3 is 2. The summed E-state index contributed by atoms with van der Waals surface area (Å²) in [6.45, 7) is 3.63. The summed E-state index contributed by atoms with van der Waals surface area (Å²) >= 11 is 0. The number of fused-ring (bicyclic) bond motifs is 1. The van der Waals surface area contributed by atoms with Crippen LogP contribution in [-0.2, 0) is 16.1 Å². The van der Waals surface area contributed by atoms with Crippen molar-refractivity contribution in [1.82, 2.24) is 15.1 Å². The van der Waals surface area contributed by atoms with E-state index >= 15 is 0 Å². The highest BCUT2D eigenvalue weighted by Gasteiger charge is 2.50. The molecular formula is C25H32N4O6. The highest BCUT2D eigenvalue weighted by molar-refractivity contribution is 6.13. The van der Waals surface area contributed by atoms with Gasteiger partial charge in [-0.15, -0.1) is 0 Å². The molecule has 0 radical (unpaired) electrons. The summed E-state index contributed by atoms with van der Waals surface area (Å²) in [4.78, 5) is 41.5. The van der Waals surface area contributed by atoms with Crippen LogP contribution >= 0.6 is 0 Å². The Balaban J connectivity index is 1.81. The van der Waals surface area contributed by atoms with Gasteiger partial charge in [-0.2, -0.15) is 5.10 Å². The molecule has 2 amide bonds. The molecule has 0 saturated heterocycles. The predicted molar refractivity (Wildman–Crippen MR) is 128 cm³/mol. The Morgan fingerprint density at radius 1 is 1.14 bits per heavy atom. The fourth-order valence-corrected chi connectivity index (χ4v) is 4.82. The smallest absolute Gasteiger partial charge is 0.358 e. The van der Waals surface area contributed by atoms with Crippen molar-refractivity contribution < 1.29 is 28.6 Å². The average molecular weight is 485 g/mol. The van der Waals surface area contributed by atoms with E-state index in [1.54, 1.807) is 32.0 Å². The van der Waals surface area contributed by atoms with Gasteiger partial charge in [0.25, 0.3) is 5.91 Å². The number of benzene rings is 1. The van der Waals surface area contributed by atoms with Crippen LogP contribution in [0.1, 0.15) is 66.9 Å². The van der Waals surface area contributed by atoms with Gasteiger partial charge in [-0.1, -0.05) is 19.3 Å². The molecular weight excluding hydrogens is 452 g/mol. The molecule has 0 bridgehead atoms. The summed E-state index contributed by atoms with van der Waals surface area (Å²) in [5.74, 6) is -0.473. The molecule has 1 saturated carbocycles. The van der Waals surface area contributed by atoms with Crippen molar-refractivity contribution in [2.45, 2.75) is 64.1 Å². The second-order valence-corrected chi connectivity index (χ2v) is 9.05. The Labute approximate surface area is 204 Å². The molecule has 2 heterocycles. The number of rotatable bonds is 7. The molecule has 2 aromatic rings. The van der Waals surface area contributed by atoms with Gasteiger partial charge in [-0.05, 0) is 38.8 Å². The number of esters is 1. The van der Waals surface area contributed by atoms with Gasteiger partial charge in [0.2, 0.25) is 5.91 Å². The lowest BCUT2D eigenvalue weighted by Gasteiger charge is -2.44. The monoisotopic (exact) mass is 484 g/mol. The number of amides is 2. The van der Waals surface area contributed by atoms with Gasteiger partial charge in [0.05, 0.1) is 33.1 Å². The zero-order valence-corrected chi connectivity index (χ0v) is 20.6. The van der Waals surface area contributed by atoms with E-state index in [1.807, 2.05) is 0 Å². The van der Waals surface area contributed by atoms with Gasteiger partial charge < -0.3 is 19.5 Å². The number of hydrogen-bond donors (Lipinski definition) is 1. The molecule has 10 heteroatoms. The molecule has 1 fully saturated rings. The molecule has 188 valence electrons. The van der Waals surface area contributed by atoms with Crippen molar-refractivity contribution in [2.24, 2.45) is 0 Å². The Kier molecular flexibility index (Phi) is 7.00. The molecule has 1 aromatic heterocycles. The van der Waals surface area contributed by atoms with Crippen molar-refractivity contribution in [3.63, 3.8) is 0 Å². The summed E-state index contributed by atoms with van der Waals surface area (Å²) in [7, 11) is 3.03. The summed E-state index contributed by atoms with van der Waals surface area (Å²) in [5, 5.41) is 7.47. The van der Waals surface area contributed by atoms with Crippen molar-refractivity contribution in [1.29, 1.82) is 0 Å². The minimum Gasteiger partial charge on any atom is -0.497 e. The molecule has 10 nitrogen and oxygen atoms in total. The largest absolute Gasteiger partial charge is 0.497 e. The Bertz CT molecular complexity index is 1120. The van der Waals surface area contributed by atoms with E-state index in [9.17, 15) is 14.4 Å². The Morgan fingerprint density at radius 3 is 2.54 bits per heavy atom. The Morgan fingerprint density at radius 2 is 1.89 bits per heavy atom. The van der Waals surface area contributed by atoms with Gasteiger partial charge in [0.1, 0.15) is 22.7 Å². The van der Waals surface area contributed by atoms with Crippen molar-refractivity contribution in [3.05, 3.63) is 35.7 Å². The van der Waals surface area contributed by atoms with Crippen molar-refractivity contribution >= 4 is 23.5 Å². The number of carbonyl (C=O) groups excluding carboxylic acids is 3. The molecule has 1 aromatic carbocycles. The summed E-state index contributed by atoms with van der Waals surface area (Å²) in [5.41, 5.74) is -0.757. The normalized spacial score (nSPS) is 20.2. The first kappa shape index (κ1) is 24.6. The van der Waals surface area contributed by atoms with E-state index < -0.39 is 17.4 Å². The first-order valence-electron chi connectivity index (χ1n) is 11.9. The fourth-order valence-electron chi connectivity index (χ4n) is 4.82. The summed E-state index contributed by atoms with van der Waals surface area (Å²) in [6.07, 6.45) is 5.07. The van der Waals surface area contributed by atoms with Gasteiger partial charge in [0.15, 0.2) is 5.69 Å². The minimum atomic E-state index is -1.35. The Hall–Kier alpha value is -3.56. The minimum absolute atomic E-state index is 0.0182. The summed E-state index contributed by atoms with van der Waals surface area (Å²) in [6, 6.07) is 6.53. The van der Waals surface area contributed by atoms with Crippen LogP contribution in [0.25, 0.3) is 0 Å². The first-order chi connectivity index (χ1) is 16.8. The number of nitrogens with one attached hydrogen (secondary N) is 1. The third kappa shape index (κ3) is 4.56. The number of ether oxygens (including phenoxy) is 3. The molecule has 2 aliphatic rings. The SMILES string of the molecule is CCOC(=O)c1cc2n(n1)CC(C)(C(=O)NC1CCCCC1)N(c1cc(OC)ccc1OC)C2=O. The van der Waals surface area contributed by atoms with E-state index in [0.717, 1.165) is 32.1 Å². The molecule has 1 N–H and O–H groups in total. The molecule has 4 rings (SSSR count). The van der Waals surface area contributed by atoms with E-state index in [0.29, 0.717) is 17.2 Å². The molecule has 1 atom stereocenters. The highest BCUT2D eigenvalue weighted by Crippen LogP contribution is 2.40. The van der Waals surface area contributed by atoms with Crippen LogP contribution in [0.15, 0.2) is 24.3 Å².